The standard InChI is InChI=1S/C7H15NS/c1-8-6-2-4-7(9)5-3-6/h6-9H,2-5H2,1H3. The van der Waals surface area contributed by atoms with Crippen molar-refractivity contribution in [1.29, 1.82) is 0 Å². The van der Waals surface area contributed by atoms with Crippen molar-refractivity contribution in [2.75, 3.05) is 7.05 Å². The van der Waals surface area contributed by atoms with Gasteiger partial charge in [0.1, 0.15) is 0 Å². The zero-order chi connectivity index (χ0) is 6.69. The van der Waals surface area contributed by atoms with Crippen molar-refractivity contribution in [3.8, 4) is 0 Å². The summed E-state index contributed by atoms with van der Waals surface area (Å²) < 4.78 is 0. The van der Waals surface area contributed by atoms with E-state index in [-0.39, 0.29) is 0 Å². The molecule has 1 fully saturated rings. The Morgan fingerprint density at radius 3 is 2.22 bits per heavy atom. The van der Waals surface area contributed by atoms with Crippen molar-refractivity contribution < 1.29 is 0 Å². The highest BCUT2D eigenvalue weighted by molar-refractivity contribution is 7.80. The second kappa shape index (κ2) is 3.47. The minimum absolute atomic E-state index is 0.676. The molecule has 0 bridgehead atoms. The van der Waals surface area contributed by atoms with E-state index in [4.69, 9.17) is 0 Å². The molecule has 2 heteroatoms. The van der Waals surface area contributed by atoms with Gasteiger partial charge in [-0.15, -0.1) is 0 Å². The van der Waals surface area contributed by atoms with Crippen LogP contribution in [0.15, 0.2) is 0 Å². The van der Waals surface area contributed by atoms with Crippen LogP contribution < -0.4 is 5.32 Å². The maximum atomic E-state index is 4.41. The summed E-state index contributed by atoms with van der Waals surface area (Å²) in [7, 11) is 2.05. The van der Waals surface area contributed by atoms with Crippen LogP contribution in [0.4, 0.5) is 0 Å². The molecule has 0 saturated heterocycles. The van der Waals surface area contributed by atoms with Crippen LogP contribution in [0.3, 0.4) is 0 Å². The summed E-state index contributed by atoms with van der Waals surface area (Å²) >= 11 is 4.41. The summed E-state index contributed by atoms with van der Waals surface area (Å²) in [5.41, 5.74) is 0. The first-order chi connectivity index (χ1) is 4.33. The van der Waals surface area contributed by atoms with Crippen LogP contribution in [0.25, 0.3) is 0 Å². The highest BCUT2D eigenvalue weighted by Gasteiger charge is 2.16. The summed E-state index contributed by atoms with van der Waals surface area (Å²) in [5, 5.41) is 3.97. The first kappa shape index (κ1) is 7.42. The lowest BCUT2D eigenvalue weighted by Gasteiger charge is -2.24. The van der Waals surface area contributed by atoms with Crippen LogP contribution in [0.5, 0.6) is 0 Å². The molecule has 1 rings (SSSR count). The Hall–Kier alpha value is 0.310. The Kier molecular flexibility index (Phi) is 2.86. The summed E-state index contributed by atoms with van der Waals surface area (Å²) in [4.78, 5) is 0. The predicted molar refractivity (Wildman–Crippen MR) is 44.1 cm³/mol. The van der Waals surface area contributed by atoms with Gasteiger partial charge < -0.3 is 5.32 Å². The molecule has 54 valence electrons. The van der Waals surface area contributed by atoms with Crippen molar-refractivity contribution in [2.24, 2.45) is 0 Å². The second-order valence-electron chi connectivity index (χ2n) is 2.79. The van der Waals surface area contributed by atoms with E-state index in [2.05, 4.69) is 17.9 Å². The molecule has 0 radical (unpaired) electrons. The molecule has 0 atom stereocenters. The van der Waals surface area contributed by atoms with Crippen LogP contribution in [-0.4, -0.2) is 18.3 Å². The molecule has 0 unspecified atom stereocenters. The summed E-state index contributed by atoms with van der Waals surface area (Å²) in [6.07, 6.45) is 5.19. The molecule has 1 aliphatic carbocycles. The third kappa shape index (κ3) is 2.18. The zero-order valence-corrected chi connectivity index (χ0v) is 6.82. The minimum atomic E-state index is 0.676. The normalized spacial score (nSPS) is 36.7. The Balaban J connectivity index is 2.18. The van der Waals surface area contributed by atoms with E-state index in [1.807, 2.05) is 7.05 Å². The monoisotopic (exact) mass is 145 g/mol. The molecule has 1 saturated carbocycles. The molecule has 9 heavy (non-hydrogen) atoms. The zero-order valence-electron chi connectivity index (χ0n) is 5.93. The lowest BCUT2D eigenvalue weighted by atomic mass is 9.95. The van der Waals surface area contributed by atoms with Crippen LogP contribution in [0.2, 0.25) is 0 Å². The van der Waals surface area contributed by atoms with Crippen molar-refractivity contribution in [3.63, 3.8) is 0 Å². The largest absolute Gasteiger partial charge is 0.317 e. The van der Waals surface area contributed by atoms with Crippen molar-refractivity contribution in [3.05, 3.63) is 0 Å². The van der Waals surface area contributed by atoms with Crippen LogP contribution in [0, 0.1) is 0 Å². The van der Waals surface area contributed by atoms with Crippen molar-refractivity contribution in [1.82, 2.24) is 5.32 Å². The fourth-order valence-electron chi connectivity index (χ4n) is 1.36. The van der Waals surface area contributed by atoms with E-state index in [1.165, 1.54) is 25.7 Å². The van der Waals surface area contributed by atoms with E-state index in [0.717, 1.165) is 6.04 Å². The Bertz CT molecular complexity index is 77.0. The van der Waals surface area contributed by atoms with Gasteiger partial charge in [-0.1, -0.05) is 0 Å². The fraction of sp³-hybridized carbons (Fsp3) is 1.00. The second-order valence-corrected chi connectivity index (χ2v) is 3.52. The van der Waals surface area contributed by atoms with Crippen LogP contribution in [-0.2, 0) is 0 Å². The Morgan fingerprint density at radius 1 is 1.22 bits per heavy atom. The molecule has 0 aromatic carbocycles. The minimum Gasteiger partial charge on any atom is -0.317 e. The molecular formula is C7H15NS. The van der Waals surface area contributed by atoms with Crippen LogP contribution >= 0.6 is 12.6 Å². The van der Waals surface area contributed by atoms with E-state index in [9.17, 15) is 0 Å². The highest BCUT2D eigenvalue weighted by atomic mass is 32.1. The van der Waals surface area contributed by atoms with Gasteiger partial charge in [-0.3, -0.25) is 0 Å². The molecule has 1 nitrogen and oxygen atoms in total. The van der Waals surface area contributed by atoms with Crippen molar-refractivity contribution in [2.45, 2.75) is 37.0 Å². The van der Waals surface area contributed by atoms with E-state index in [1.54, 1.807) is 0 Å². The molecular weight excluding hydrogens is 130 g/mol. The van der Waals surface area contributed by atoms with Gasteiger partial charge >= 0.3 is 0 Å². The predicted octanol–water partition coefficient (Wildman–Crippen LogP) is 1.45. The molecule has 0 aromatic rings. The number of hydrogen-bond donors (Lipinski definition) is 2. The molecule has 0 heterocycles. The summed E-state index contributed by atoms with van der Waals surface area (Å²) in [5.74, 6) is 0. The first-order valence-electron chi connectivity index (χ1n) is 3.68. The number of thiol groups is 1. The molecule has 0 aliphatic heterocycles. The Labute approximate surface area is 62.6 Å². The SMILES string of the molecule is CNC1CCC(S)CC1. The van der Waals surface area contributed by atoms with Gasteiger partial charge in [-0.2, -0.15) is 12.6 Å². The van der Waals surface area contributed by atoms with E-state index < -0.39 is 0 Å². The number of rotatable bonds is 1. The maximum absolute atomic E-state index is 4.41. The third-order valence-electron chi connectivity index (χ3n) is 2.10. The number of nitrogens with one attached hydrogen (secondary N) is 1. The van der Waals surface area contributed by atoms with Gasteiger partial charge in [0.25, 0.3) is 0 Å². The van der Waals surface area contributed by atoms with Crippen molar-refractivity contribution >= 4 is 12.6 Å². The van der Waals surface area contributed by atoms with Gasteiger partial charge in [-0.25, -0.2) is 0 Å². The molecule has 0 spiro atoms. The van der Waals surface area contributed by atoms with Gasteiger partial charge in [0.15, 0.2) is 0 Å². The van der Waals surface area contributed by atoms with Gasteiger partial charge in [-0.05, 0) is 32.7 Å². The molecule has 1 N–H and O–H groups in total. The van der Waals surface area contributed by atoms with E-state index >= 15 is 0 Å². The van der Waals surface area contributed by atoms with E-state index in [0.29, 0.717) is 5.25 Å². The fourth-order valence-corrected chi connectivity index (χ4v) is 1.66. The quantitative estimate of drug-likeness (QED) is 0.532. The lowest BCUT2D eigenvalue weighted by molar-refractivity contribution is 0.403. The smallest absolute Gasteiger partial charge is 0.00648 e. The Morgan fingerprint density at radius 2 is 1.78 bits per heavy atom. The molecule has 0 amide bonds. The lowest BCUT2D eigenvalue weighted by Crippen LogP contribution is -2.30. The summed E-state index contributed by atoms with van der Waals surface area (Å²) in [6.45, 7) is 0. The maximum Gasteiger partial charge on any atom is 0.00648 e. The van der Waals surface area contributed by atoms with Gasteiger partial charge in [0.05, 0.1) is 0 Å². The summed E-state index contributed by atoms with van der Waals surface area (Å²) in [6, 6.07) is 0.772. The van der Waals surface area contributed by atoms with Gasteiger partial charge in [0, 0.05) is 11.3 Å². The number of hydrogen-bond acceptors (Lipinski definition) is 2. The molecule has 0 aromatic heterocycles. The third-order valence-corrected chi connectivity index (χ3v) is 2.62. The molecule has 1 aliphatic rings. The highest BCUT2D eigenvalue weighted by Crippen LogP contribution is 2.21. The van der Waals surface area contributed by atoms with Gasteiger partial charge in [0.2, 0.25) is 0 Å². The van der Waals surface area contributed by atoms with Crippen LogP contribution in [0.1, 0.15) is 25.7 Å². The average Bonchev–Trinajstić information content (AvgIpc) is 1.90. The topological polar surface area (TPSA) is 12.0 Å². The first-order valence-corrected chi connectivity index (χ1v) is 4.20. The average molecular weight is 145 g/mol.